The van der Waals surface area contributed by atoms with E-state index in [1.54, 1.807) is 0 Å². The van der Waals surface area contributed by atoms with Crippen LogP contribution in [-0.4, -0.2) is 15.0 Å². The average molecular weight is 236 g/mol. The molecule has 0 saturated carbocycles. The second-order valence-corrected chi connectivity index (χ2v) is 3.30. The third kappa shape index (κ3) is 1.72. The average Bonchev–Trinajstić information content (AvgIpc) is 2.20. The molecule has 0 bridgehead atoms. The largest absolute Gasteiger partial charge is 0.225 e. The monoisotopic (exact) mass is 235 g/mol. The molecule has 1 heterocycles. The highest BCUT2D eigenvalue weighted by Crippen LogP contribution is 2.23. The highest BCUT2D eigenvalue weighted by Gasteiger charge is 2.02. The van der Waals surface area contributed by atoms with Gasteiger partial charge in [-0.05, 0) is 6.07 Å². The summed E-state index contributed by atoms with van der Waals surface area (Å²) in [6.45, 7) is 0. The van der Waals surface area contributed by atoms with Crippen LogP contribution in [0.25, 0.3) is 11.4 Å². The van der Waals surface area contributed by atoms with Crippen LogP contribution in [0.3, 0.4) is 0 Å². The number of hydrogen-bond acceptors (Lipinski definition) is 3. The molecule has 2 rings (SSSR count). The topological polar surface area (TPSA) is 38.7 Å². The second kappa shape index (κ2) is 3.62. The fourth-order valence-electron chi connectivity index (χ4n) is 1.02. The zero-order valence-electron chi connectivity index (χ0n) is 6.68. The first-order valence-electron chi connectivity index (χ1n) is 3.75. The molecular formula is C9H6BrN3. The third-order valence-electron chi connectivity index (χ3n) is 1.61. The number of nitrogens with zero attached hydrogens (tertiary/aromatic N) is 3. The summed E-state index contributed by atoms with van der Waals surface area (Å²) in [7, 11) is 0. The lowest BCUT2D eigenvalue weighted by atomic mass is 10.2. The van der Waals surface area contributed by atoms with Crippen LogP contribution in [-0.2, 0) is 0 Å². The van der Waals surface area contributed by atoms with Gasteiger partial charge in [-0.1, -0.05) is 34.1 Å². The van der Waals surface area contributed by atoms with Gasteiger partial charge in [-0.2, -0.15) is 0 Å². The molecule has 0 atom stereocenters. The van der Waals surface area contributed by atoms with Gasteiger partial charge in [0.25, 0.3) is 0 Å². The standard InChI is InChI=1S/C9H6BrN3/c10-8-4-2-1-3-7(8)9-12-5-11-6-13-9/h1-6H. The summed E-state index contributed by atoms with van der Waals surface area (Å²) in [5.41, 5.74) is 0.977. The minimum atomic E-state index is 0.683. The summed E-state index contributed by atoms with van der Waals surface area (Å²) in [5.74, 6) is 0.683. The van der Waals surface area contributed by atoms with Gasteiger partial charge in [0.15, 0.2) is 5.82 Å². The van der Waals surface area contributed by atoms with E-state index in [1.165, 1.54) is 12.7 Å². The van der Waals surface area contributed by atoms with Gasteiger partial charge in [0.1, 0.15) is 12.7 Å². The van der Waals surface area contributed by atoms with Gasteiger partial charge in [-0.25, -0.2) is 15.0 Å². The molecule has 4 heteroatoms. The molecule has 2 aromatic rings. The van der Waals surface area contributed by atoms with E-state index in [2.05, 4.69) is 30.9 Å². The minimum Gasteiger partial charge on any atom is -0.225 e. The zero-order chi connectivity index (χ0) is 9.10. The molecule has 0 aliphatic carbocycles. The fourth-order valence-corrected chi connectivity index (χ4v) is 1.48. The summed E-state index contributed by atoms with van der Waals surface area (Å²) in [4.78, 5) is 11.9. The van der Waals surface area contributed by atoms with Gasteiger partial charge in [-0.15, -0.1) is 0 Å². The number of halogens is 1. The lowest BCUT2D eigenvalue weighted by molar-refractivity contribution is 1.05. The van der Waals surface area contributed by atoms with Gasteiger partial charge in [-0.3, -0.25) is 0 Å². The van der Waals surface area contributed by atoms with Crippen molar-refractivity contribution in [2.45, 2.75) is 0 Å². The minimum absolute atomic E-state index is 0.683. The first-order valence-corrected chi connectivity index (χ1v) is 4.54. The Morgan fingerprint density at radius 1 is 1.00 bits per heavy atom. The maximum absolute atomic E-state index is 4.06. The van der Waals surface area contributed by atoms with Gasteiger partial charge >= 0.3 is 0 Å². The lowest BCUT2D eigenvalue weighted by Crippen LogP contribution is -1.89. The fraction of sp³-hybridized carbons (Fsp3) is 0. The van der Waals surface area contributed by atoms with Crippen LogP contribution in [0.1, 0.15) is 0 Å². The predicted octanol–water partition coefficient (Wildman–Crippen LogP) is 2.30. The van der Waals surface area contributed by atoms with Crippen LogP contribution in [0.4, 0.5) is 0 Å². The number of benzene rings is 1. The maximum Gasteiger partial charge on any atom is 0.163 e. The van der Waals surface area contributed by atoms with Crippen LogP contribution >= 0.6 is 15.9 Å². The molecule has 0 saturated heterocycles. The van der Waals surface area contributed by atoms with E-state index < -0.39 is 0 Å². The van der Waals surface area contributed by atoms with E-state index in [1.807, 2.05) is 24.3 Å². The second-order valence-electron chi connectivity index (χ2n) is 2.44. The molecule has 0 radical (unpaired) electrons. The van der Waals surface area contributed by atoms with E-state index in [-0.39, 0.29) is 0 Å². The molecule has 0 N–H and O–H groups in total. The Morgan fingerprint density at radius 3 is 2.38 bits per heavy atom. The highest BCUT2D eigenvalue weighted by molar-refractivity contribution is 9.10. The molecule has 1 aromatic heterocycles. The first-order chi connectivity index (χ1) is 6.38. The lowest BCUT2D eigenvalue weighted by Gasteiger charge is -2.00. The van der Waals surface area contributed by atoms with Gasteiger partial charge < -0.3 is 0 Å². The van der Waals surface area contributed by atoms with Gasteiger partial charge in [0.05, 0.1) is 0 Å². The van der Waals surface area contributed by atoms with Crippen molar-refractivity contribution in [3.8, 4) is 11.4 Å². The Labute approximate surface area is 84.0 Å². The Kier molecular flexibility index (Phi) is 2.31. The van der Waals surface area contributed by atoms with Crippen molar-refractivity contribution >= 4 is 15.9 Å². The van der Waals surface area contributed by atoms with E-state index in [4.69, 9.17) is 0 Å². The summed E-state index contributed by atoms with van der Waals surface area (Å²) < 4.78 is 0.987. The Morgan fingerprint density at radius 2 is 1.69 bits per heavy atom. The van der Waals surface area contributed by atoms with Crippen LogP contribution < -0.4 is 0 Å². The van der Waals surface area contributed by atoms with Crippen molar-refractivity contribution in [1.29, 1.82) is 0 Å². The number of aromatic nitrogens is 3. The molecule has 0 spiro atoms. The Hall–Kier alpha value is -1.29. The molecule has 0 unspecified atom stereocenters. The van der Waals surface area contributed by atoms with Crippen molar-refractivity contribution in [1.82, 2.24) is 15.0 Å². The first kappa shape index (κ1) is 8.31. The molecule has 13 heavy (non-hydrogen) atoms. The van der Waals surface area contributed by atoms with Crippen molar-refractivity contribution < 1.29 is 0 Å². The predicted molar refractivity (Wildman–Crippen MR) is 53.0 cm³/mol. The van der Waals surface area contributed by atoms with E-state index >= 15 is 0 Å². The van der Waals surface area contributed by atoms with Crippen molar-refractivity contribution in [3.05, 3.63) is 41.4 Å². The molecule has 3 nitrogen and oxygen atoms in total. The van der Waals surface area contributed by atoms with Gasteiger partial charge in [0, 0.05) is 10.0 Å². The maximum atomic E-state index is 4.06. The van der Waals surface area contributed by atoms with Crippen molar-refractivity contribution in [2.75, 3.05) is 0 Å². The normalized spacial score (nSPS) is 9.92. The van der Waals surface area contributed by atoms with Crippen LogP contribution in [0, 0.1) is 0 Å². The zero-order valence-corrected chi connectivity index (χ0v) is 8.27. The van der Waals surface area contributed by atoms with Crippen LogP contribution in [0.2, 0.25) is 0 Å². The molecule has 0 aliphatic rings. The summed E-state index contributed by atoms with van der Waals surface area (Å²) >= 11 is 3.43. The van der Waals surface area contributed by atoms with E-state index in [0.29, 0.717) is 5.82 Å². The SMILES string of the molecule is Brc1ccccc1-c1ncncn1. The van der Waals surface area contributed by atoms with E-state index in [9.17, 15) is 0 Å². The number of rotatable bonds is 1. The quantitative estimate of drug-likeness (QED) is 0.762. The molecule has 0 aliphatic heterocycles. The highest BCUT2D eigenvalue weighted by atomic mass is 79.9. The smallest absolute Gasteiger partial charge is 0.163 e. The van der Waals surface area contributed by atoms with Crippen molar-refractivity contribution in [2.24, 2.45) is 0 Å². The molecule has 0 amide bonds. The molecule has 64 valence electrons. The molecule has 0 fully saturated rings. The molecule has 1 aromatic carbocycles. The summed E-state index contributed by atoms with van der Waals surface area (Å²) in [6, 6.07) is 7.82. The summed E-state index contributed by atoms with van der Waals surface area (Å²) in [6.07, 6.45) is 2.98. The summed E-state index contributed by atoms with van der Waals surface area (Å²) in [5, 5.41) is 0. The molecular weight excluding hydrogens is 230 g/mol. The number of hydrogen-bond donors (Lipinski definition) is 0. The van der Waals surface area contributed by atoms with Crippen LogP contribution in [0.15, 0.2) is 41.4 Å². The Balaban J connectivity index is 2.54. The Bertz CT molecular complexity index is 403. The van der Waals surface area contributed by atoms with E-state index in [0.717, 1.165) is 10.0 Å². The van der Waals surface area contributed by atoms with Crippen LogP contribution in [0.5, 0.6) is 0 Å². The van der Waals surface area contributed by atoms with Gasteiger partial charge in [0.2, 0.25) is 0 Å². The van der Waals surface area contributed by atoms with Crippen molar-refractivity contribution in [3.63, 3.8) is 0 Å². The third-order valence-corrected chi connectivity index (χ3v) is 2.30.